The molecule has 2 heterocycles. The Morgan fingerprint density at radius 1 is 1.47 bits per heavy atom. The third-order valence-corrected chi connectivity index (χ3v) is 3.06. The third-order valence-electron chi connectivity index (χ3n) is 3.06. The van der Waals surface area contributed by atoms with Gasteiger partial charge in [-0.25, -0.2) is 4.98 Å². The van der Waals surface area contributed by atoms with Crippen molar-refractivity contribution in [3.05, 3.63) is 23.9 Å². The highest BCUT2D eigenvalue weighted by Gasteiger charge is 2.29. The molecule has 1 amide bonds. The summed E-state index contributed by atoms with van der Waals surface area (Å²) in [6.45, 7) is 3.42. The van der Waals surface area contributed by atoms with E-state index in [4.69, 9.17) is 10.5 Å². The van der Waals surface area contributed by atoms with Gasteiger partial charge in [-0.15, -0.1) is 0 Å². The Morgan fingerprint density at radius 3 is 2.76 bits per heavy atom. The van der Waals surface area contributed by atoms with Gasteiger partial charge in [0, 0.05) is 24.9 Å². The van der Waals surface area contributed by atoms with E-state index in [-0.39, 0.29) is 11.4 Å². The molecule has 0 radical (unpaired) electrons. The number of amides is 1. The van der Waals surface area contributed by atoms with Gasteiger partial charge in [0.1, 0.15) is 5.82 Å². The van der Waals surface area contributed by atoms with Gasteiger partial charge in [-0.3, -0.25) is 4.79 Å². The number of aromatic nitrogens is 1. The van der Waals surface area contributed by atoms with Gasteiger partial charge in [-0.05, 0) is 31.9 Å². The van der Waals surface area contributed by atoms with E-state index in [1.165, 1.54) is 6.20 Å². The van der Waals surface area contributed by atoms with Crippen LogP contribution in [-0.2, 0) is 4.74 Å². The molecule has 1 saturated heterocycles. The van der Waals surface area contributed by atoms with Crippen LogP contribution in [0, 0.1) is 0 Å². The van der Waals surface area contributed by atoms with Crippen molar-refractivity contribution in [2.75, 3.05) is 18.9 Å². The van der Waals surface area contributed by atoms with E-state index in [9.17, 15) is 4.79 Å². The first-order chi connectivity index (χ1) is 8.09. The summed E-state index contributed by atoms with van der Waals surface area (Å²) < 4.78 is 5.29. The molecule has 92 valence electrons. The quantitative estimate of drug-likeness (QED) is 0.800. The van der Waals surface area contributed by atoms with Crippen molar-refractivity contribution in [2.24, 2.45) is 0 Å². The first-order valence-electron chi connectivity index (χ1n) is 5.71. The largest absolute Gasteiger partial charge is 0.384 e. The molecule has 1 aliphatic rings. The molecule has 0 saturated carbocycles. The third kappa shape index (κ3) is 2.94. The maximum absolute atomic E-state index is 12.0. The fourth-order valence-electron chi connectivity index (χ4n) is 1.83. The minimum atomic E-state index is -0.184. The highest BCUT2D eigenvalue weighted by atomic mass is 16.5. The number of carbonyl (C=O) groups is 1. The number of hydrogen-bond acceptors (Lipinski definition) is 4. The molecule has 17 heavy (non-hydrogen) atoms. The predicted octanol–water partition coefficient (Wildman–Crippen LogP) is 0.963. The van der Waals surface area contributed by atoms with E-state index in [0.717, 1.165) is 12.8 Å². The summed E-state index contributed by atoms with van der Waals surface area (Å²) in [5.74, 6) is 0.306. The van der Waals surface area contributed by atoms with Crippen LogP contribution in [0.25, 0.3) is 0 Å². The molecule has 1 aliphatic heterocycles. The number of rotatable bonds is 2. The van der Waals surface area contributed by atoms with E-state index in [0.29, 0.717) is 24.6 Å². The number of carbonyl (C=O) groups excluding carboxylic acids is 1. The molecule has 0 aliphatic carbocycles. The lowest BCUT2D eigenvalue weighted by molar-refractivity contribution is 0.0423. The van der Waals surface area contributed by atoms with E-state index in [1.807, 2.05) is 6.92 Å². The minimum absolute atomic E-state index is 0.109. The standard InChI is InChI=1S/C12H17N3O2/c1-12(4-6-17-7-5-12)15-11(16)9-2-3-10(13)14-8-9/h2-3,8H,4-7H2,1H3,(H2,13,14)(H,15,16). The van der Waals surface area contributed by atoms with Crippen molar-refractivity contribution < 1.29 is 9.53 Å². The monoisotopic (exact) mass is 235 g/mol. The smallest absolute Gasteiger partial charge is 0.253 e. The second-order valence-electron chi connectivity index (χ2n) is 4.60. The molecule has 1 aromatic heterocycles. The van der Waals surface area contributed by atoms with Gasteiger partial charge < -0.3 is 15.8 Å². The summed E-state index contributed by atoms with van der Waals surface area (Å²) in [7, 11) is 0. The van der Waals surface area contributed by atoms with Gasteiger partial charge in [0.25, 0.3) is 5.91 Å². The molecular weight excluding hydrogens is 218 g/mol. The van der Waals surface area contributed by atoms with Crippen molar-refractivity contribution in [3.8, 4) is 0 Å². The summed E-state index contributed by atoms with van der Waals surface area (Å²) in [6.07, 6.45) is 3.16. The lowest BCUT2D eigenvalue weighted by Crippen LogP contribution is -2.49. The van der Waals surface area contributed by atoms with Crippen LogP contribution in [0.2, 0.25) is 0 Å². The zero-order chi connectivity index (χ0) is 12.3. The van der Waals surface area contributed by atoms with Gasteiger partial charge in [0.15, 0.2) is 0 Å². The van der Waals surface area contributed by atoms with Crippen LogP contribution in [-0.4, -0.2) is 29.6 Å². The highest BCUT2D eigenvalue weighted by Crippen LogP contribution is 2.20. The normalized spacial score (nSPS) is 18.6. The van der Waals surface area contributed by atoms with Gasteiger partial charge in [0.05, 0.1) is 5.56 Å². The van der Waals surface area contributed by atoms with Crippen LogP contribution < -0.4 is 11.1 Å². The summed E-state index contributed by atoms with van der Waals surface area (Å²) >= 11 is 0. The Balaban J connectivity index is 2.03. The molecule has 1 aromatic rings. The lowest BCUT2D eigenvalue weighted by Gasteiger charge is -2.34. The second-order valence-corrected chi connectivity index (χ2v) is 4.60. The number of nitrogens with two attached hydrogens (primary N) is 1. The number of anilines is 1. The van der Waals surface area contributed by atoms with Crippen molar-refractivity contribution in [1.29, 1.82) is 0 Å². The molecule has 0 aromatic carbocycles. The summed E-state index contributed by atoms with van der Waals surface area (Å²) in [6, 6.07) is 3.31. The maximum atomic E-state index is 12.0. The average molecular weight is 235 g/mol. The Morgan fingerprint density at radius 2 is 2.18 bits per heavy atom. The summed E-state index contributed by atoms with van der Waals surface area (Å²) in [5.41, 5.74) is 5.83. The molecule has 0 bridgehead atoms. The van der Waals surface area contributed by atoms with Crippen molar-refractivity contribution in [2.45, 2.75) is 25.3 Å². The zero-order valence-corrected chi connectivity index (χ0v) is 9.90. The number of nitrogen functional groups attached to an aromatic ring is 1. The van der Waals surface area contributed by atoms with Crippen LogP contribution in [0.15, 0.2) is 18.3 Å². The lowest BCUT2D eigenvalue weighted by atomic mass is 9.92. The zero-order valence-electron chi connectivity index (χ0n) is 9.90. The minimum Gasteiger partial charge on any atom is -0.384 e. The summed E-state index contributed by atoms with van der Waals surface area (Å²) in [5, 5.41) is 3.03. The molecule has 1 fully saturated rings. The first-order valence-corrected chi connectivity index (χ1v) is 5.71. The number of hydrogen-bond donors (Lipinski definition) is 2. The summed E-state index contributed by atoms with van der Waals surface area (Å²) in [4.78, 5) is 15.9. The van der Waals surface area contributed by atoms with Crippen molar-refractivity contribution in [3.63, 3.8) is 0 Å². The molecule has 3 N–H and O–H groups in total. The van der Waals surface area contributed by atoms with Gasteiger partial charge in [0.2, 0.25) is 0 Å². The van der Waals surface area contributed by atoms with E-state index >= 15 is 0 Å². The molecule has 0 unspecified atom stereocenters. The molecule has 5 heteroatoms. The Kier molecular flexibility index (Phi) is 3.28. The van der Waals surface area contributed by atoms with Crippen LogP contribution in [0.5, 0.6) is 0 Å². The van der Waals surface area contributed by atoms with Crippen LogP contribution in [0.4, 0.5) is 5.82 Å². The van der Waals surface area contributed by atoms with Crippen LogP contribution in [0.3, 0.4) is 0 Å². The number of pyridine rings is 1. The maximum Gasteiger partial charge on any atom is 0.253 e. The number of nitrogens with one attached hydrogen (secondary N) is 1. The molecule has 2 rings (SSSR count). The Labute approximate surface area is 100 Å². The number of ether oxygens (including phenoxy) is 1. The SMILES string of the molecule is CC1(NC(=O)c2ccc(N)nc2)CCOCC1. The fourth-order valence-corrected chi connectivity index (χ4v) is 1.83. The average Bonchev–Trinajstić information content (AvgIpc) is 2.30. The van der Waals surface area contributed by atoms with Crippen molar-refractivity contribution >= 4 is 11.7 Å². The second kappa shape index (κ2) is 4.71. The Hall–Kier alpha value is -1.62. The molecule has 0 atom stereocenters. The van der Waals surface area contributed by atoms with Crippen molar-refractivity contribution in [1.82, 2.24) is 10.3 Å². The van der Waals surface area contributed by atoms with Crippen LogP contribution in [0.1, 0.15) is 30.1 Å². The molecule has 0 spiro atoms. The highest BCUT2D eigenvalue weighted by molar-refractivity contribution is 5.94. The first kappa shape index (κ1) is 11.9. The molecule has 5 nitrogen and oxygen atoms in total. The fraction of sp³-hybridized carbons (Fsp3) is 0.500. The van der Waals surface area contributed by atoms with E-state index in [1.54, 1.807) is 12.1 Å². The van der Waals surface area contributed by atoms with E-state index in [2.05, 4.69) is 10.3 Å². The topological polar surface area (TPSA) is 77.2 Å². The van der Waals surface area contributed by atoms with Gasteiger partial charge >= 0.3 is 0 Å². The van der Waals surface area contributed by atoms with Gasteiger partial charge in [-0.2, -0.15) is 0 Å². The van der Waals surface area contributed by atoms with Crippen LogP contribution >= 0.6 is 0 Å². The predicted molar refractivity (Wildman–Crippen MR) is 64.6 cm³/mol. The van der Waals surface area contributed by atoms with E-state index < -0.39 is 0 Å². The van der Waals surface area contributed by atoms with Gasteiger partial charge in [-0.1, -0.05) is 0 Å². The molecular formula is C12H17N3O2. The Bertz CT molecular complexity index is 397. The number of nitrogens with zero attached hydrogens (tertiary/aromatic N) is 1.